The number of nitrogens with two attached hydrogens (primary N) is 1. The van der Waals surface area contributed by atoms with E-state index in [4.69, 9.17) is 5.73 Å². The third-order valence-corrected chi connectivity index (χ3v) is 3.24. The third-order valence-electron chi connectivity index (χ3n) is 2.51. The second-order valence-corrected chi connectivity index (χ2v) is 4.48. The Morgan fingerprint density at radius 2 is 2.31 bits per heavy atom. The van der Waals surface area contributed by atoms with Crippen LogP contribution < -0.4 is 10.6 Å². The molecule has 0 radical (unpaired) electrons. The molecule has 0 bridgehead atoms. The zero-order valence-electron chi connectivity index (χ0n) is 9.26. The molecule has 0 amide bonds. The first-order valence-electron chi connectivity index (χ1n) is 5.16. The van der Waals surface area contributed by atoms with Crippen molar-refractivity contribution in [2.75, 3.05) is 11.9 Å². The molecule has 0 fully saturated rings. The molecule has 2 aromatic heterocycles. The number of nitrogens with zero attached hydrogens (tertiary/aromatic N) is 2. The molecule has 2 N–H and O–H groups in total. The largest absolute Gasteiger partial charge is 0.370 e. The monoisotopic (exact) mass is 233 g/mol. The molecule has 2 heterocycles. The van der Waals surface area contributed by atoms with Crippen molar-refractivity contribution in [3.63, 3.8) is 0 Å². The SMILES string of the molecule is CN(Cc1ccsc1)c1ccncc1CN. The van der Waals surface area contributed by atoms with Crippen molar-refractivity contribution in [1.82, 2.24) is 4.98 Å². The highest BCUT2D eigenvalue weighted by molar-refractivity contribution is 7.07. The fraction of sp³-hybridized carbons (Fsp3) is 0.250. The van der Waals surface area contributed by atoms with Gasteiger partial charge in [0.25, 0.3) is 0 Å². The summed E-state index contributed by atoms with van der Waals surface area (Å²) in [6, 6.07) is 4.15. The molecule has 0 saturated carbocycles. The normalized spacial score (nSPS) is 10.4. The lowest BCUT2D eigenvalue weighted by molar-refractivity contribution is 0.902. The van der Waals surface area contributed by atoms with E-state index in [1.54, 1.807) is 17.5 Å². The molecule has 2 rings (SSSR count). The summed E-state index contributed by atoms with van der Waals surface area (Å²) in [6.45, 7) is 1.43. The van der Waals surface area contributed by atoms with E-state index in [9.17, 15) is 0 Å². The quantitative estimate of drug-likeness (QED) is 0.880. The lowest BCUT2D eigenvalue weighted by Crippen LogP contribution is -2.18. The van der Waals surface area contributed by atoms with Gasteiger partial charge >= 0.3 is 0 Å². The van der Waals surface area contributed by atoms with E-state index in [1.165, 1.54) is 5.56 Å². The lowest BCUT2D eigenvalue weighted by atomic mass is 10.2. The molecule has 0 aromatic carbocycles. The molecule has 0 atom stereocenters. The molecular weight excluding hydrogens is 218 g/mol. The van der Waals surface area contributed by atoms with Crippen LogP contribution in [0.1, 0.15) is 11.1 Å². The van der Waals surface area contributed by atoms with E-state index in [2.05, 4.69) is 33.8 Å². The Bertz CT molecular complexity index is 439. The van der Waals surface area contributed by atoms with Gasteiger partial charge in [-0.05, 0) is 28.5 Å². The number of anilines is 1. The van der Waals surface area contributed by atoms with Crippen LogP contribution in [0.15, 0.2) is 35.3 Å². The molecule has 84 valence electrons. The number of hydrogen-bond donors (Lipinski definition) is 1. The van der Waals surface area contributed by atoms with Crippen LogP contribution in [0.25, 0.3) is 0 Å². The first-order valence-corrected chi connectivity index (χ1v) is 6.10. The molecule has 0 aliphatic heterocycles. The summed E-state index contributed by atoms with van der Waals surface area (Å²) in [4.78, 5) is 6.29. The molecular formula is C12H15N3S. The zero-order valence-corrected chi connectivity index (χ0v) is 10.1. The second kappa shape index (κ2) is 5.09. The average Bonchev–Trinajstić information content (AvgIpc) is 2.81. The van der Waals surface area contributed by atoms with Gasteiger partial charge in [0.15, 0.2) is 0 Å². The number of pyridine rings is 1. The molecule has 0 aliphatic rings. The van der Waals surface area contributed by atoms with E-state index in [1.807, 2.05) is 12.3 Å². The summed E-state index contributed by atoms with van der Waals surface area (Å²) in [5.74, 6) is 0. The molecule has 0 aliphatic carbocycles. The third kappa shape index (κ3) is 2.40. The molecule has 16 heavy (non-hydrogen) atoms. The molecule has 2 aromatic rings. The fourth-order valence-corrected chi connectivity index (χ4v) is 2.35. The number of hydrogen-bond acceptors (Lipinski definition) is 4. The van der Waals surface area contributed by atoms with Gasteiger partial charge in [0, 0.05) is 43.8 Å². The maximum Gasteiger partial charge on any atom is 0.0443 e. The van der Waals surface area contributed by atoms with Crippen LogP contribution in [0.2, 0.25) is 0 Å². The number of thiophene rings is 1. The van der Waals surface area contributed by atoms with E-state index in [0.717, 1.165) is 17.8 Å². The van der Waals surface area contributed by atoms with Gasteiger partial charge in [0.2, 0.25) is 0 Å². The van der Waals surface area contributed by atoms with Crippen molar-refractivity contribution < 1.29 is 0 Å². The van der Waals surface area contributed by atoms with Crippen LogP contribution in [-0.2, 0) is 13.1 Å². The Labute approximate surface area is 99.5 Å². The van der Waals surface area contributed by atoms with Crippen molar-refractivity contribution in [3.05, 3.63) is 46.4 Å². The topological polar surface area (TPSA) is 42.2 Å². The van der Waals surface area contributed by atoms with E-state index in [-0.39, 0.29) is 0 Å². The standard InChI is InChI=1S/C12H15N3S/c1-15(8-10-3-5-16-9-10)12-2-4-14-7-11(12)6-13/h2-5,7,9H,6,8,13H2,1H3. The number of rotatable bonds is 4. The second-order valence-electron chi connectivity index (χ2n) is 3.70. The Hall–Kier alpha value is -1.39. The van der Waals surface area contributed by atoms with Crippen LogP contribution in [0.5, 0.6) is 0 Å². The molecule has 3 nitrogen and oxygen atoms in total. The minimum Gasteiger partial charge on any atom is -0.370 e. The summed E-state index contributed by atoms with van der Waals surface area (Å²) in [7, 11) is 2.08. The highest BCUT2D eigenvalue weighted by atomic mass is 32.1. The van der Waals surface area contributed by atoms with Crippen LogP contribution >= 0.6 is 11.3 Å². The van der Waals surface area contributed by atoms with Gasteiger partial charge in [-0.25, -0.2) is 0 Å². The van der Waals surface area contributed by atoms with Crippen molar-refractivity contribution in [2.45, 2.75) is 13.1 Å². The van der Waals surface area contributed by atoms with E-state index < -0.39 is 0 Å². The summed E-state index contributed by atoms with van der Waals surface area (Å²) in [6.07, 6.45) is 3.64. The molecule has 4 heteroatoms. The molecule has 0 saturated heterocycles. The summed E-state index contributed by atoms with van der Waals surface area (Å²) < 4.78 is 0. The first kappa shape index (κ1) is 11.1. The predicted octanol–water partition coefficient (Wildman–Crippen LogP) is 2.24. The van der Waals surface area contributed by atoms with Crippen molar-refractivity contribution >= 4 is 17.0 Å². The number of aromatic nitrogens is 1. The van der Waals surface area contributed by atoms with Gasteiger partial charge in [0.1, 0.15) is 0 Å². The van der Waals surface area contributed by atoms with Crippen LogP contribution in [0.4, 0.5) is 5.69 Å². The van der Waals surface area contributed by atoms with Gasteiger partial charge in [-0.3, -0.25) is 4.98 Å². The van der Waals surface area contributed by atoms with E-state index >= 15 is 0 Å². The van der Waals surface area contributed by atoms with Gasteiger partial charge < -0.3 is 10.6 Å². The van der Waals surface area contributed by atoms with Crippen molar-refractivity contribution in [1.29, 1.82) is 0 Å². The molecule has 0 unspecified atom stereocenters. The van der Waals surface area contributed by atoms with Crippen LogP contribution in [0, 0.1) is 0 Å². The summed E-state index contributed by atoms with van der Waals surface area (Å²) in [5, 5.41) is 4.26. The Balaban J connectivity index is 2.17. The predicted molar refractivity (Wildman–Crippen MR) is 68.6 cm³/mol. The fourth-order valence-electron chi connectivity index (χ4n) is 1.69. The highest BCUT2D eigenvalue weighted by Crippen LogP contribution is 2.20. The average molecular weight is 233 g/mol. The van der Waals surface area contributed by atoms with Crippen molar-refractivity contribution in [2.24, 2.45) is 5.73 Å². The highest BCUT2D eigenvalue weighted by Gasteiger charge is 2.06. The zero-order chi connectivity index (χ0) is 11.4. The van der Waals surface area contributed by atoms with Gasteiger partial charge in [-0.2, -0.15) is 11.3 Å². The van der Waals surface area contributed by atoms with Gasteiger partial charge in [-0.15, -0.1) is 0 Å². The Kier molecular flexibility index (Phi) is 3.54. The minimum absolute atomic E-state index is 0.525. The molecule has 0 spiro atoms. The minimum atomic E-state index is 0.525. The Morgan fingerprint density at radius 3 is 3.00 bits per heavy atom. The van der Waals surface area contributed by atoms with Gasteiger partial charge in [-0.1, -0.05) is 0 Å². The first-order chi connectivity index (χ1) is 7.81. The maximum absolute atomic E-state index is 5.70. The lowest BCUT2D eigenvalue weighted by Gasteiger charge is -2.21. The van der Waals surface area contributed by atoms with Gasteiger partial charge in [0.05, 0.1) is 0 Å². The van der Waals surface area contributed by atoms with Crippen LogP contribution in [0.3, 0.4) is 0 Å². The summed E-state index contributed by atoms with van der Waals surface area (Å²) in [5.41, 5.74) is 9.26. The smallest absolute Gasteiger partial charge is 0.0443 e. The maximum atomic E-state index is 5.70. The summed E-state index contributed by atoms with van der Waals surface area (Å²) >= 11 is 1.72. The van der Waals surface area contributed by atoms with Crippen LogP contribution in [-0.4, -0.2) is 12.0 Å². The Morgan fingerprint density at radius 1 is 1.44 bits per heavy atom. The van der Waals surface area contributed by atoms with E-state index in [0.29, 0.717) is 6.54 Å². The van der Waals surface area contributed by atoms with Crippen molar-refractivity contribution in [3.8, 4) is 0 Å².